The van der Waals surface area contributed by atoms with E-state index in [4.69, 9.17) is 0 Å². The summed E-state index contributed by atoms with van der Waals surface area (Å²) in [6, 6.07) is 11.4. The summed E-state index contributed by atoms with van der Waals surface area (Å²) in [6.07, 6.45) is 2.72. The van der Waals surface area contributed by atoms with Gasteiger partial charge in [-0.15, -0.1) is 11.3 Å². The molecule has 1 atom stereocenters. The quantitative estimate of drug-likeness (QED) is 0.779. The van der Waals surface area contributed by atoms with Crippen LogP contribution in [0.4, 0.5) is 4.39 Å². The van der Waals surface area contributed by atoms with Crippen molar-refractivity contribution in [2.75, 3.05) is 7.05 Å². The summed E-state index contributed by atoms with van der Waals surface area (Å²) in [7, 11) is 1.95. The fourth-order valence-electron chi connectivity index (χ4n) is 2.37. The average Bonchev–Trinajstić information content (AvgIpc) is 2.89. The summed E-state index contributed by atoms with van der Waals surface area (Å²) < 4.78 is 14.3. The van der Waals surface area contributed by atoms with Crippen LogP contribution in [-0.4, -0.2) is 12.0 Å². The molecule has 0 bridgehead atoms. The molecule has 0 aliphatic carbocycles. The Hall–Kier alpha value is -1.78. The first-order valence-corrected chi connectivity index (χ1v) is 7.75. The number of nitrogens with zero attached hydrogens (tertiary/aromatic N) is 1. The van der Waals surface area contributed by atoms with E-state index >= 15 is 0 Å². The van der Waals surface area contributed by atoms with Gasteiger partial charge in [0.15, 0.2) is 0 Å². The number of likely N-dealkylation sites (N-methyl/N-ethyl adjacent to an activating group) is 1. The molecule has 0 aliphatic rings. The van der Waals surface area contributed by atoms with Crippen LogP contribution >= 0.6 is 11.3 Å². The second kappa shape index (κ2) is 5.92. The van der Waals surface area contributed by atoms with E-state index in [2.05, 4.69) is 28.5 Å². The molecule has 0 aliphatic heterocycles. The summed E-state index contributed by atoms with van der Waals surface area (Å²) in [6.45, 7) is 2.03. The topological polar surface area (TPSA) is 24.9 Å². The zero-order valence-corrected chi connectivity index (χ0v) is 12.9. The normalized spacial score (nSPS) is 12.7. The minimum Gasteiger partial charge on any atom is -0.312 e. The number of nitrogens with one attached hydrogen (secondary N) is 1. The van der Waals surface area contributed by atoms with Gasteiger partial charge in [-0.2, -0.15) is 0 Å². The number of aryl methyl sites for hydroxylation is 1. The van der Waals surface area contributed by atoms with Crippen LogP contribution in [0.1, 0.15) is 22.2 Å². The van der Waals surface area contributed by atoms with Gasteiger partial charge in [-0.1, -0.05) is 12.1 Å². The third-order valence-electron chi connectivity index (χ3n) is 3.58. The molecule has 2 aromatic heterocycles. The number of hydrogen-bond acceptors (Lipinski definition) is 3. The molecule has 108 valence electrons. The number of benzene rings is 1. The smallest absolute Gasteiger partial charge is 0.124 e. The van der Waals surface area contributed by atoms with Gasteiger partial charge >= 0.3 is 0 Å². The zero-order chi connectivity index (χ0) is 14.8. The van der Waals surface area contributed by atoms with Crippen molar-refractivity contribution in [1.29, 1.82) is 0 Å². The fraction of sp³-hybridized carbons (Fsp3) is 0.235. The Morgan fingerprint density at radius 2 is 2.10 bits per heavy atom. The molecule has 0 fully saturated rings. The van der Waals surface area contributed by atoms with Gasteiger partial charge in [0.2, 0.25) is 0 Å². The van der Waals surface area contributed by atoms with Crippen molar-refractivity contribution in [3.8, 4) is 0 Å². The molecule has 0 saturated heterocycles. The van der Waals surface area contributed by atoms with Gasteiger partial charge in [0.05, 0.1) is 0 Å². The van der Waals surface area contributed by atoms with Gasteiger partial charge in [0, 0.05) is 33.9 Å². The largest absolute Gasteiger partial charge is 0.312 e. The number of halogens is 1. The summed E-state index contributed by atoms with van der Waals surface area (Å²) in [5.41, 5.74) is 2.22. The van der Waals surface area contributed by atoms with Crippen LogP contribution in [0.3, 0.4) is 0 Å². The van der Waals surface area contributed by atoms with Gasteiger partial charge in [0.1, 0.15) is 5.82 Å². The van der Waals surface area contributed by atoms with Gasteiger partial charge in [-0.05, 0) is 49.2 Å². The van der Waals surface area contributed by atoms with Crippen LogP contribution in [0, 0.1) is 12.7 Å². The Labute approximate surface area is 127 Å². The third-order valence-corrected chi connectivity index (χ3v) is 4.79. The van der Waals surface area contributed by atoms with Gasteiger partial charge in [-0.3, -0.25) is 4.98 Å². The maximum atomic E-state index is 13.3. The van der Waals surface area contributed by atoms with Crippen molar-refractivity contribution in [3.63, 3.8) is 0 Å². The second-order valence-corrected chi connectivity index (χ2v) is 6.32. The number of hydrogen-bond donors (Lipinski definition) is 1. The van der Waals surface area contributed by atoms with Crippen molar-refractivity contribution in [2.45, 2.75) is 19.4 Å². The first-order chi connectivity index (χ1) is 10.2. The van der Waals surface area contributed by atoms with E-state index < -0.39 is 0 Å². The Kier molecular flexibility index (Phi) is 3.99. The fourth-order valence-corrected chi connectivity index (χ4v) is 3.57. The Balaban J connectivity index is 1.88. The molecule has 1 N–H and O–H groups in total. The highest BCUT2D eigenvalue weighted by molar-refractivity contribution is 7.19. The average molecular weight is 300 g/mol. The van der Waals surface area contributed by atoms with Crippen LogP contribution < -0.4 is 5.32 Å². The van der Waals surface area contributed by atoms with Crippen molar-refractivity contribution in [2.24, 2.45) is 0 Å². The lowest BCUT2D eigenvalue weighted by Gasteiger charge is -2.13. The van der Waals surface area contributed by atoms with Gasteiger partial charge in [-0.25, -0.2) is 4.39 Å². The number of fused-ring (bicyclic) bond motifs is 1. The lowest BCUT2D eigenvalue weighted by atomic mass is 10.1. The van der Waals surface area contributed by atoms with E-state index in [1.54, 1.807) is 17.4 Å². The lowest BCUT2D eigenvalue weighted by Crippen LogP contribution is -2.18. The molecular weight excluding hydrogens is 283 g/mol. The summed E-state index contributed by atoms with van der Waals surface area (Å²) in [5.74, 6) is -0.183. The molecule has 4 heteroatoms. The summed E-state index contributed by atoms with van der Waals surface area (Å²) in [4.78, 5) is 5.67. The molecule has 2 heterocycles. The van der Waals surface area contributed by atoms with Crippen molar-refractivity contribution >= 4 is 21.4 Å². The predicted octanol–water partition coefficient (Wildman–Crippen LogP) is 4.25. The maximum absolute atomic E-state index is 13.3. The van der Waals surface area contributed by atoms with E-state index in [0.717, 1.165) is 27.8 Å². The summed E-state index contributed by atoms with van der Waals surface area (Å²) in [5, 5.41) is 4.42. The van der Waals surface area contributed by atoms with Crippen LogP contribution in [0.15, 0.2) is 42.6 Å². The Morgan fingerprint density at radius 3 is 2.81 bits per heavy atom. The molecular formula is C17H17FN2S. The van der Waals surface area contributed by atoms with Crippen LogP contribution in [-0.2, 0) is 6.42 Å². The second-order valence-electron chi connectivity index (χ2n) is 5.20. The highest BCUT2D eigenvalue weighted by Crippen LogP contribution is 2.31. The zero-order valence-electron chi connectivity index (χ0n) is 12.1. The molecule has 0 radical (unpaired) electrons. The molecule has 3 aromatic rings. The Bertz CT molecular complexity index is 749. The molecule has 1 unspecified atom stereocenters. The van der Waals surface area contributed by atoms with E-state index in [1.165, 1.54) is 10.9 Å². The SMILES string of the molecule is CNC(Cc1ccc(C)cn1)c1cc2ccc(F)cc2s1. The molecule has 1 aromatic carbocycles. The molecule has 0 spiro atoms. The number of pyridine rings is 1. The number of rotatable bonds is 4. The van der Waals surface area contributed by atoms with Crippen molar-refractivity contribution in [3.05, 3.63) is 64.5 Å². The first-order valence-electron chi connectivity index (χ1n) is 6.93. The number of aromatic nitrogens is 1. The van der Waals surface area contributed by atoms with Crippen molar-refractivity contribution < 1.29 is 4.39 Å². The molecule has 21 heavy (non-hydrogen) atoms. The number of thiophene rings is 1. The highest BCUT2D eigenvalue weighted by atomic mass is 32.1. The standard InChI is InChI=1S/C17H17FN2S/c1-11-3-6-14(20-10-11)9-15(19-2)17-7-12-4-5-13(18)8-16(12)21-17/h3-8,10,15,19H,9H2,1-2H3. The van der Waals surface area contributed by atoms with E-state index in [-0.39, 0.29) is 11.9 Å². The van der Waals surface area contributed by atoms with Gasteiger partial charge in [0.25, 0.3) is 0 Å². The molecule has 3 rings (SSSR count). The van der Waals surface area contributed by atoms with E-state index in [0.29, 0.717) is 0 Å². The van der Waals surface area contributed by atoms with E-state index in [9.17, 15) is 4.39 Å². The third kappa shape index (κ3) is 3.12. The van der Waals surface area contributed by atoms with Gasteiger partial charge < -0.3 is 5.32 Å². The lowest BCUT2D eigenvalue weighted by molar-refractivity contribution is 0.594. The Morgan fingerprint density at radius 1 is 1.24 bits per heavy atom. The predicted molar refractivity (Wildman–Crippen MR) is 86.3 cm³/mol. The monoisotopic (exact) mass is 300 g/mol. The molecule has 0 amide bonds. The van der Waals surface area contributed by atoms with Crippen molar-refractivity contribution in [1.82, 2.24) is 10.3 Å². The van der Waals surface area contributed by atoms with Crippen LogP contribution in [0.5, 0.6) is 0 Å². The van der Waals surface area contributed by atoms with Crippen LogP contribution in [0.2, 0.25) is 0 Å². The first kappa shape index (κ1) is 14.2. The minimum atomic E-state index is -0.183. The van der Waals surface area contributed by atoms with Crippen LogP contribution in [0.25, 0.3) is 10.1 Å². The minimum absolute atomic E-state index is 0.183. The summed E-state index contributed by atoms with van der Waals surface area (Å²) >= 11 is 1.64. The maximum Gasteiger partial charge on any atom is 0.124 e. The molecule has 2 nitrogen and oxygen atoms in total. The van der Waals surface area contributed by atoms with E-state index in [1.807, 2.05) is 26.2 Å². The highest BCUT2D eigenvalue weighted by Gasteiger charge is 2.14. The molecule has 0 saturated carbocycles.